The maximum absolute atomic E-state index is 12.1. The molecule has 1 N–H and O–H groups in total. The standard InChI is InChI=1S/C9H22NO3P/c1-8(2,3)12-14(11,10-7)13-9(4,5)6/h1-7H3,(H,10,11). The molecule has 4 nitrogen and oxygen atoms in total. The molecule has 14 heavy (non-hydrogen) atoms. The molecule has 0 rings (SSSR count). The lowest BCUT2D eigenvalue weighted by Crippen LogP contribution is -2.28. The minimum Gasteiger partial charge on any atom is -0.291 e. The highest BCUT2D eigenvalue weighted by Crippen LogP contribution is 2.49. The van der Waals surface area contributed by atoms with Crippen LogP contribution in [0.1, 0.15) is 41.5 Å². The minimum atomic E-state index is -3.19. The Hall–Kier alpha value is 0.110. The molecule has 0 fully saturated rings. The zero-order valence-electron chi connectivity index (χ0n) is 10.2. The summed E-state index contributed by atoms with van der Waals surface area (Å²) >= 11 is 0. The molecule has 0 aliphatic heterocycles. The van der Waals surface area contributed by atoms with Gasteiger partial charge in [-0.2, -0.15) is 0 Å². The monoisotopic (exact) mass is 223 g/mol. The lowest BCUT2D eigenvalue weighted by Gasteiger charge is -2.31. The van der Waals surface area contributed by atoms with Gasteiger partial charge in [-0.25, -0.2) is 9.65 Å². The number of hydrogen-bond acceptors (Lipinski definition) is 3. The van der Waals surface area contributed by atoms with Gasteiger partial charge in [0.2, 0.25) is 0 Å². The van der Waals surface area contributed by atoms with Gasteiger partial charge in [0, 0.05) is 0 Å². The number of nitrogens with one attached hydrogen (secondary N) is 1. The average molecular weight is 223 g/mol. The van der Waals surface area contributed by atoms with E-state index in [4.69, 9.17) is 9.05 Å². The lowest BCUT2D eigenvalue weighted by molar-refractivity contribution is 0.0452. The molecule has 0 spiro atoms. The first-order valence-corrected chi connectivity index (χ1v) is 6.22. The van der Waals surface area contributed by atoms with Crippen LogP contribution >= 0.6 is 7.75 Å². The lowest BCUT2D eigenvalue weighted by atomic mass is 10.2. The van der Waals surface area contributed by atoms with E-state index in [1.165, 1.54) is 0 Å². The molecule has 0 aliphatic carbocycles. The second-order valence-corrected chi connectivity index (χ2v) is 6.94. The molecule has 0 atom stereocenters. The smallest absolute Gasteiger partial charge is 0.291 e. The minimum absolute atomic E-state index is 0.496. The van der Waals surface area contributed by atoms with E-state index in [1.54, 1.807) is 7.05 Å². The summed E-state index contributed by atoms with van der Waals surface area (Å²) in [5, 5.41) is 2.60. The largest absolute Gasteiger partial charge is 0.406 e. The maximum atomic E-state index is 12.1. The van der Waals surface area contributed by atoms with Gasteiger partial charge in [-0.05, 0) is 48.6 Å². The Labute approximate surface area is 87.0 Å². The van der Waals surface area contributed by atoms with E-state index in [1.807, 2.05) is 41.5 Å². The molecule has 0 heterocycles. The van der Waals surface area contributed by atoms with Crippen LogP contribution in [0.15, 0.2) is 0 Å². The first-order valence-electron chi connectivity index (χ1n) is 4.68. The third-order valence-electron chi connectivity index (χ3n) is 1.06. The van der Waals surface area contributed by atoms with Crippen LogP contribution in [0.3, 0.4) is 0 Å². The quantitative estimate of drug-likeness (QED) is 0.747. The van der Waals surface area contributed by atoms with Crippen molar-refractivity contribution in [2.24, 2.45) is 0 Å². The molecular weight excluding hydrogens is 201 g/mol. The zero-order valence-corrected chi connectivity index (χ0v) is 11.1. The van der Waals surface area contributed by atoms with Crippen LogP contribution in [0.5, 0.6) is 0 Å². The molecule has 0 aromatic rings. The van der Waals surface area contributed by atoms with Crippen molar-refractivity contribution in [1.29, 1.82) is 0 Å². The molecule has 0 bridgehead atoms. The second-order valence-electron chi connectivity index (χ2n) is 5.13. The van der Waals surface area contributed by atoms with Crippen LogP contribution in [0, 0.1) is 0 Å². The Morgan fingerprint density at radius 2 is 1.21 bits per heavy atom. The zero-order chi connectivity index (χ0) is 11.6. The Morgan fingerprint density at radius 3 is 1.36 bits per heavy atom. The first kappa shape index (κ1) is 14.1. The van der Waals surface area contributed by atoms with Crippen molar-refractivity contribution in [1.82, 2.24) is 5.09 Å². The molecule has 0 aromatic heterocycles. The van der Waals surface area contributed by atoms with E-state index in [9.17, 15) is 4.57 Å². The fourth-order valence-corrected chi connectivity index (χ4v) is 2.49. The van der Waals surface area contributed by atoms with Gasteiger partial charge in [-0.1, -0.05) is 0 Å². The van der Waals surface area contributed by atoms with E-state index in [-0.39, 0.29) is 0 Å². The van der Waals surface area contributed by atoms with Crippen LogP contribution < -0.4 is 5.09 Å². The predicted molar refractivity (Wildman–Crippen MR) is 58.3 cm³/mol. The number of rotatable bonds is 3. The second kappa shape index (κ2) is 4.31. The molecule has 0 saturated carbocycles. The van der Waals surface area contributed by atoms with Crippen molar-refractivity contribution < 1.29 is 13.6 Å². The van der Waals surface area contributed by atoms with Crippen molar-refractivity contribution in [3.8, 4) is 0 Å². The van der Waals surface area contributed by atoms with Crippen LogP contribution in [0.2, 0.25) is 0 Å². The first-order chi connectivity index (χ1) is 5.97. The molecule has 5 heteroatoms. The third kappa shape index (κ3) is 6.55. The van der Waals surface area contributed by atoms with Crippen LogP contribution in [0.25, 0.3) is 0 Å². The summed E-state index contributed by atoms with van der Waals surface area (Å²) < 4.78 is 22.8. The van der Waals surface area contributed by atoms with E-state index >= 15 is 0 Å². The van der Waals surface area contributed by atoms with E-state index < -0.39 is 18.9 Å². The van der Waals surface area contributed by atoms with Crippen molar-refractivity contribution in [2.75, 3.05) is 7.05 Å². The highest BCUT2D eigenvalue weighted by atomic mass is 31.2. The summed E-state index contributed by atoms with van der Waals surface area (Å²) in [6, 6.07) is 0. The van der Waals surface area contributed by atoms with Gasteiger partial charge in [-0.3, -0.25) is 9.05 Å². The Balaban J connectivity index is 4.59. The van der Waals surface area contributed by atoms with Crippen LogP contribution in [-0.4, -0.2) is 18.2 Å². The van der Waals surface area contributed by atoms with Crippen molar-refractivity contribution in [3.05, 3.63) is 0 Å². The van der Waals surface area contributed by atoms with Gasteiger partial charge in [0.05, 0.1) is 11.2 Å². The summed E-state index contributed by atoms with van der Waals surface area (Å²) in [4.78, 5) is 0. The van der Waals surface area contributed by atoms with Gasteiger partial charge in [0.25, 0.3) is 0 Å². The fourth-order valence-electron chi connectivity index (χ4n) is 0.831. The van der Waals surface area contributed by atoms with Gasteiger partial charge in [-0.15, -0.1) is 0 Å². The number of hydrogen-bond donors (Lipinski definition) is 1. The molecule has 86 valence electrons. The average Bonchev–Trinajstić information content (AvgIpc) is 1.78. The highest BCUT2D eigenvalue weighted by Gasteiger charge is 2.33. The van der Waals surface area contributed by atoms with E-state index in [0.29, 0.717) is 0 Å². The van der Waals surface area contributed by atoms with Crippen molar-refractivity contribution >= 4 is 7.75 Å². The summed E-state index contributed by atoms with van der Waals surface area (Å²) in [5.41, 5.74) is -0.992. The van der Waals surface area contributed by atoms with Crippen LogP contribution in [-0.2, 0) is 13.6 Å². The Bertz CT molecular complexity index is 207. The molecule has 0 radical (unpaired) electrons. The molecule has 0 unspecified atom stereocenters. The summed E-state index contributed by atoms with van der Waals surface area (Å²) in [6.07, 6.45) is 0. The third-order valence-corrected chi connectivity index (χ3v) is 3.19. The van der Waals surface area contributed by atoms with Crippen molar-refractivity contribution in [2.45, 2.75) is 52.7 Å². The van der Waals surface area contributed by atoms with Gasteiger partial charge in [0.15, 0.2) is 0 Å². The molecule has 0 aromatic carbocycles. The Morgan fingerprint density at radius 1 is 0.929 bits per heavy atom. The summed E-state index contributed by atoms with van der Waals surface area (Å²) in [6.45, 7) is 11.0. The molecule has 0 aliphatic rings. The maximum Gasteiger partial charge on any atom is 0.406 e. The SMILES string of the molecule is CNP(=O)(OC(C)(C)C)OC(C)(C)C. The van der Waals surface area contributed by atoms with Gasteiger partial charge >= 0.3 is 7.75 Å². The molecule has 0 amide bonds. The van der Waals surface area contributed by atoms with E-state index in [2.05, 4.69) is 5.09 Å². The topological polar surface area (TPSA) is 47.6 Å². The summed E-state index contributed by atoms with van der Waals surface area (Å²) in [7, 11) is -1.63. The van der Waals surface area contributed by atoms with Crippen molar-refractivity contribution in [3.63, 3.8) is 0 Å². The molecule has 0 saturated heterocycles. The van der Waals surface area contributed by atoms with Crippen LogP contribution in [0.4, 0.5) is 0 Å². The summed E-state index contributed by atoms with van der Waals surface area (Å²) in [5.74, 6) is 0. The van der Waals surface area contributed by atoms with Gasteiger partial charge in [0.1, 0.15) is 0 Å². The van der Waals surface area contributed by atoms with Gasteiger partial charge < -0.3 is 0 Å². The Kier molecular flexibility index (Phi) is 4.35. The normalized spacial score (nSPS) is 14.5. The van der Waals surface area contributed by atoms with E-state index in [0.717, 1.165) is 0 Å². The predicted octanol–water partition coefficient (Wildman–Crippen LogP) is 2.94. The molecular formula is C9H22NO3P. The fraction of sp³-hybridized carbons (Fsp3) is 1.00. The highest BCUT2D eigenvalue weighted by molar-refractivity contribution is 7.51.